The van der Waals surface area contributed by atoms with Gasteiger partial charge < -0.3 is 39.4 Å². The summed E-state index contributed by atoms with van der Waals surface area (Å²) in [5.41, 5.74) is 7.82. The number of nitrogens with zero attached hydrogens (tertiary/aromatic N) is 6. The smallest absolute Gasteiger partial charge is 0.398 e. The fourth-order valence-corrected chi connectivity index (χ4v) is 13.8. The molecule has 0 bridgehead atoms. The summed E-state index contributed by atoms with van der Waals surface area (Å²) >= 11 is 0. The standard InChI is InChI=1S/2C30H42N3P.BFH2O2/c2*1-7-31(8-2)25-13-19-28(20-14-25)34(29-21-15-26(16-22-29)32(9-3)10-4)30-23-17-27(18-24-30)33(11-5)12-6;2-1(3)4/h2*13-24H,7-12H2,1-6H3;3-4H. The van der Waals surface area contributed by atoms with Crippen molar-refractivity contribution >= 4 is 89.2 Å². The Morgan fingerprint density at radius 3 is 0.444 bits per heavy atom. The van der Waals surface area contributed by atoms with Crippen LogP contribution < -0.4 is 61.2 Å². The second kappa shape index (κ2) is 31.5. The Hall–Kier alpha value is -5.11. The molecule has 0 unspecified atom stereocenters. The number of benzene rings is 6. The van der Waals surface area contributed by atoms with Gasteiger partial charge in [0.2, 0.25) is 0 Å². The maximum atomic E-state index is 10.1. The number of halogens is 1. The van der Waals surface area contributed by atoms with Gasteiger partial charge in [-0.25, -0.2) is 0 Å². The molecule has 0 heterocycles. The third-order valence-corrected chi connectivity index (χ3v) is 18.3. The topological polar surface area (TPSA) is 59.9 Å². The van der Waals surface area contributed by atoms with E-state index in [0.717, 1.165) is 78.5 Å². The molecule has 0 saturated heterocycles. The van der Waals surface area contributed by atoms with Gasteiger partial charge in [0.1, 0.15) is 0 Å². The van der Waals surface area contributed by atoms with Crippen LogP contribution in [0.3, 0.4) is 0 Å². The van der Waals surface area contributed by atoms with E-state index in [4.69, 9.17) is 10.0 Å². The molecular formula is C60H86BFN6O2P2. The maximum Gasteiger partial charge on any atom is 0.674 e. The molecule has 0 aromatic heterocycles. The quantitative estimate of drug-likeness (QED) is 0.0459. The highest BCUT2D eigenvalue weighted by molar-refractivity contribution is 7.80. The van der Waals surface area contributed by atoms with Crippen LogP contribution in [0.4, 0.5) is 38.4 Å². The van der Waals surface area contributed by atoms with Crippen LogP contribution in [0.1, 0.15) is 83.1 Å². The maximum absolute atomic E-state index is 10.1. The third-order valence-electron chi connectivity index (χ3n) is 13.4. The van der Waals surface area contributed by atoms with E-state index in [-0.39, 0.29) is 0 Å². The first kappa shape index (κ1) is 59.5. The largest absolute Gasteiger partial charge is 0.674 e. The van der Waals surface area contributed by atoms with Crippen LogP contribution in [0.2, 0.25) is 0 Å². The molecule has 12 heteroatoms. The van der Waals surface area contributed by atoms with Crippen molar-refractivity contribution in [1.82, 2.24) is 0 Å². The van der Waals surface area contributed by atoms with Crippen LogP contribution >= 0.6 is 15.8 Å². The zero-order valence-electron chi connectivity index (χ0n) is 45.8. The minimum absolute atomic E-state index is 0.622. The highest BCUT2D eigenvalue weighted by atomic mass is 31.1. The molecule has 0 aliphatic carbocycles. The molecule has 72 heavy (non-hydrogen) atoms. The molecule has 0 saturated carbocycles. The van der Waals surface area contributed by atoms with Crippen LogP contribution in [-0.2, 0) is 0 Å². The lowest BCUT2D eigenvalue weighted by Crippen LogP contribution is -2.25. The van der Waals surface area contributed by atoms with E-state index in [1.165, 1.54) is 66.0 Å². The molecule has 0 radical (unpaired) electrons. The Kier molecular flexibility index (Phi) is 26.0. The Morgan fingerprint density at radius 1 is 0.264 bits per heavy atom. The first-order valence-corrected chi connectivity index (χ1v) is 29.3. The number of hydrogen-bond donors (Lipinski definition) is 2. The van der Waals surface area contributed by atoms with E-state index < -0.39 is 23.2 Å². The number of anilines is 6. The fourth-order valence-electron chi connectivity index (χ4n) is 9.30. The second-order valence-corrected chi connectivity index (χ2v) is 21.6. The Labute approximate surface area is 438 Å². The van der Waals surface area contributed by atoms with Gasteiger partial charge in [-0.3, -0.25) is 4.32 Å². The number of hydrogen-bond acceptors (Lipinski definition) is 8. The van der Waals surface area contributed by atoms with Gasteiger partial charge in [0.15, 0.2) is 0 Å². The lowest BCUT2D eigenvalue weighted by Gasteiger charge is -2.26. The molecule has 0 aliphatic heterocycles. The zero-order valence-corrected chi connectivity index (χ0v) is 47.6. The van der Waals surface area contributed by atoms with E-state index in [0.29, 0.717) is 0 Å². The van der Waals surface area contributed by atoms with Gasteiger partial charge in [-0.2, -0.15) is 0 Å². The monoisotopic (exact) mass is 1010 g/mol. The van der Waals surface area contributed by atoms with Crippen LogP contribution in [0.5, 0.6) is 0 Å². The van der Waals surface area contributed by atoms with Gasteiger partial charge in [0, 0.05) is 113 Å². The molecule has 0 spiro atoms. The summed E-state index contributed by atoms with van der Waals surface area (Å²) in [5, 5.41) is 22.3. The summed E-state index contributed by atoms with van der Waals surface area (Å²) in [4.78, 5) is 14.4. The van der Waals surface area contributed by atoms with E-state index >= 15 is 0 Å². The Morgan fingerprint density at radius 2 is 0.361 bits per heavy atom. The summed E-state index contributed by atoms with van der Waals surface area (Å²) < 4.78 is 10.1. The summed E-state index contributed by atoms with van der Waals surface area (Å²) in [5.74, 6) is 0. The molecule has 6 rings (SSSR count). The van der Waals surface area contributed by atoms with Gasteiger partial charge >= 0.3 is 7.40 Å². The lowest BCUT2D eigenvalue weighted by molar-refractivity contribution is 0.340. The fraction of sp³-hybridized carbons (Fsp3) is 0.400. The minimum atomic E-state index is -2.67. The van der Waals surface area contributed by atoms with Crippen LogP contribution in [0.25, 0.3) is 0 Å². The normalized spacial score (nSPS) is 10.8. The van der Waals surface area contributed by atoms with Gasteiger partial charge in [-0.1, -0.05) is 72.8 Å². The highest BCUT2D eigenvalue weighted by Gasteiger charge is 2.20. The van der Waals surface area contributed by atoms with Crippen molar-refractivity contribution in [2.24, 2.45) is 0 Å². The SMILES string of the molecule is CCN(CC)c1ccc(P(c2ccc(N(CC)CC)cc2)c2ccc(N(CC)CC)cc2)cc1.CCN(CC)c1ccc(P(c2ccc(N(CC)CC)cc2)c2ccc(N(CC)CC)cc2)cc1.OB(O)F. The molecule has 0 fully saturated rings. The molecule has 6 aromatic rings. The average molecular weight is 1020 g/mol. The molecule has 0 aliphatic rings. The highest BCUT2D eigenvalue weighted by Crippen LogP contribution is 2.36. The van der Waals surface area contributed by atoms with Gasteiger partial charge in [0.05, 0.1) is 0 Å². The molecule has 0 amide bonds. The molecule has 2 N–H and O–H groups in total. The molecule has 0 atom stereocenters. The van der Waals surface area contributed by atoms with Crippen LogP contribution in [0, 0.1) is 0 Å². The summed E-state index contributed by atoms with van der Waals surface area (Å²) in [6.45, 7) is 39.0. The van der Waals surface area contributed by atoms with Crippen molar-refractivity contribution in [1.29, 1.82) is 0 Å². The van der Waals surface area contributed by atoms with Crippen molar-refractivity contribution in [3.05, 3.63) is 146 Å². The first-order chi connectivity index (χ1) is 34.9. The molecular weight excluding hydrogens is 928 g/mol. The first-order valence-electron chi connectivity index (χ1n) is 26.6. The van der Waals surface area contributed by atoms with Crippen molar-refractivity contribution in [3.63, 3.8) is 0 Å². The van der Waals surface area contributed by atoms with Gasteiger partial charge in [-0.05, 0) is 204 Å². The van der Waals surface area contributed by atoms with E-state index in [9.17, 15) is 4.32 Å². The van der Waals surface area contributed by atoms with E-state index in [2.05, 4.69) is 258 Å². The predicted molar refractivity (Wildman–Crippen MR) is 323 cm³/mol. The minimum Gasteiger partial charge on any atom is -0.398 e. The van der Waals surface area contributed by atoms with Crippen LogP contribution in [0.15, 0.2) is 146 Å². The Balaban J connectivity index is 0.000000291. The summed E-state index contributed by atoms with van der Waals surface area (Å²) in [6.07, 6.45) is 0. The Bertz CT molecular complexity index is 1920. The van der Waals surface area contributed by atoms with E-state index in [1.807, 2.05) is 0 Å². The van der Waals surface area contributed by atoms with Crippen molar-refractivity contribution < 1.29 is 14.4 Å². The summed E-state index contributed by atoms with van der Waals surface area (Å²) in [7, 11) is -3.91. The van der Waals surface area contributed by atoms with Gasteiger partial charge in [-0.15, -0.1) is 0 Å². The molecule has 8 nitrogen and oxygen atoms in total. The van der Waals surface area contributed by atoms with Crippen molar-refractivity contribution in [3.8, 4) is 0 Å². The molecule has 388 valence electrons. The van der Waals surface area contributed by atoms with Crippen LogP contribution in [-0.4, -0.2) is 96.0 Å². The van der Waals surface area contributed by atoms with Crippen molar-refractivity contribution in [2.45, 2.75) is 83.1 Å². The average Bonchev–Trinajstić information content (AvgIpc) is 3.41. The molecule has 6 aromatic carbocycles. The van der Waals surface area contributed by atoms with Gasteiger partial charge in [0.25, 0.3) is 0 Å². The summed E-state index contributed by atoms with van der Waals surface area (Å²) in [6, 6.07) is 55.7. The lowest BCUT2D eigenvalue weighted by atomic mass is 10.3. The second-order valence-electron chi connectivity index (χ2n) is 17.1. The van der Waals surface area contributed by atoms with Crippen molar-refractivity contribution in [2.75, 3.05) is 108 Å². The zero-order chi connectivity index (χ0) is 52.6. The third kappa shape index (κ3) is 16.5. The van der Waals surface area contributed by atoms with E-state index in [1.54, 1.807) is 0 Å². The predicted octanol–water partition coefficient (Wildman–Crippen LogP) is 10.9. The number of rotatable bonds is 24.